The van der Waals surface area contributed by atoms with E-state index in [-0.39, 0.29) is 0 Å². The number of nitrogens with zero attached hydrogens (tertiary/aromatic N) is 1. The Bertz CT molecular complexity index is 2340. The quantitative estimate of drug-likeness (QED) is 0.202. The Labute approximate surface area is 257 Å². The number of hydrogen-bond acceptors (Lipinski definition) is 0. The molecule has 9 rings (SSSR count). The zero-order chi connectivity index (χ0) is 29.0. The number of fused-ring (bicyclic) bond motifs is 5. The van der Waals surface area contributed by atoms with E-state index >= 15 is 0 Å². The molecule has 1 nitrogen and oxygen atoms in total. The van der Waals surface area contributed by atoms with Gasteiger partial charge in [0, 0.05) is 28.4 Å². The number of rotatable bonds is 4. The average Bonchev–Trinajstić information content (AvgIpc) is 3.42. The molecule has 1 aromatic heterocycles. The second kappa shape index (κ2) is 9.97. The van der Waals surface area contributed by atoms with Crippen molar-refractivity contribution in [2.75, 3.05) is 0 Å². The largest absolute Gasteiger partial charge is 0.335 e. The standard InChI is InChI=1S/C43H29N/c1-3-11-29(12-4-1)31-16-9-18-33(23-31)35-21-22-42-39(25-35)41-27-37(34-19-10-17-32(24-34)30-13-5-2-6-14-30)26-40-38-20-8-7-15-36(38)28-44(42)43(40)41/h1-27H,28H2. The summed E-state index contributed by atoms with van der Waals surface area (Å²) in [6.45, 7) is 0.884. The highest BCUT2D eigenvalue weighted by Crippen LogP contribution is 2.45. The smallest absolute Gasteiger partial charge is 0.0574 e. The van der Waals surface area contributed by atoms with E-state index in [4.69, 9.17) is 0 Å². The molecule has 0 saturated heterocycles. The molecule has 44 heavy (non-hydrogen) atoms. The molecule has 0 amide bonds. The molecular formula is C43H29N. The van der Waals surface area contributed by atoms with Gasteiger partial charge < -0.3 is 4.57 Å². The molecule has 0 bridgehead atoms. The molecule has 8 aromatic rings. The van der Waals surface area contributed by atoms with Crippen molar-refractivity contribution in [3.05, 3.63) is 169 Å². The Morgan fingerprint density at radius 2 is 0.864 bits per heavy atom. The van der Waals surface area contributed by atoms with Gasteiger partial charge in [-0.2, -0.15) is 0 Å². The SMILES string of the molecule is c1ccc(-c2cccc(-c3ccc4c(c3)c3cc(-c5cccc(-c6ccccc6)c5)cc5c3n4Cc3ccccc3-5)c2)cc1. The lowest BCUT2D eigenvalue weighted by Gasteiger charge is -2.21. The topological polar surface area (TPSA) is 4.93 Å². The molecule has 0 aliphatic carbocycles. The summed E-state index contributed by atoms with van der Waals surface area (Å²) in [7, 11) is 0. The van der Waals surface area contributed by atoms with Crippen LogP contribution in [0.1, 0.15) is 5.56 Å². The second-order valence-corrected chi connectivity index (χ2v) is 11.8. The molecule has 0 radical (unpaired) electrons. The van der Waals surface area contributed by atoms with Crippen LogP contribution in [0.5, 0.6) is 0 Å². The van der Waals surface area contributed by atoms with Crippen LogP contribution in [0.3, 0.4) is 0 Å². The van der Waals surface area contributed by atoms with Crippen molar-refractivity contribution in [2.45, 2.75) is 6.54 Å². The van der Waals surface area contributed by atoms with Crippen LogP contribution in [0.25, 0.3) is 77.4 Å². The maximum atomic E-state index is 2.52. The third-order valence-electron chi connectivity index (χ3n) is 9.20. The van der Waals surface area contributed by atoms with E-state index in [0.29, 0.717) is 0 Å². The first-order chi connectivity index (χ1) is 21.8. The third kappa shape index (κ3) is 4.01. The third-order valence-corrected chi connectivity index (χ3v) is 9.20. The fourth-order valence-electron chi connectivity index (χ4n) is 7.06. The molecule has 1 heteroatoms. The molecule has 0 N–H and O–H groups in total. The van der Waals surface area contributed by atoms with Crippen molar-refractivity contribution in [1.29, 1.82) is 0 Å². The first-order valence-corrected chi connectivity index (χ1v) is 15.3. The minimum absolute atomic E-state index is 0.884. The fourth-order valence-corrected chi connectivity index (χ4v) is 7.06. The van der Waals surface area contributed by atoms with Crippen LogP contribution in [0, 0.1) is 0 Å². The van der Waals surface area contributed by atoms with Gasteiger partial charge in [-0.25, -0.2) is 0 Å². The number of benzene rings is 7. The number of hydrogen-bond donors (Lipinski definition) is 0. The lowest BCUT2D eigenvalue weighted by molar-refractivity contribution is 0.860. The summed E-state index contributed by atoms with van der Waals surface area (Å²) in [4.78, 5) is 0. The van der Waals surface area contributed by atoms with E-state index in [1.807, 2.05) is 0 Å². The highest BCUT2D eigenvalue weighted by Gasteiger charge is 2.23. The Morgan fingerprint density at radius 3 is 1.55 bits per heavy atom. The summed E-state index contributed by atoms with van der Waals surface area (Å²) in [5, 5.41) is 2.62. The zero-order valence-electron chi connectivity index (χ0n) is 24.2. The van der Waals surface area contributed by atoms with Crippen LogP contribution in [-0.2, 0) is 6.54 Å². The molecule has 0 unspecified atom stereocenters. The highest BCUT2D eigenvalue weighted by atomic mass is 15.0. The summed E-state index contributed by atoms with van der Waals surface area (Å²) in [5.74, 6) is 0. The van der Waals surface area contributed by atoms with E-state index in [1.165, 1.54) is 83.0 Å². The van der Waals surface area contributed by atoms with Gasteiger partial charge in [-0.1, -0.05) is 127 Å². The van der Waals surface area contributed by atoms with Gasteiger partial charge in [0.05, 0.1) is 5.52 Å². The molecule has 7 aromatic carbocycles. The van der Waals surface area contributed by atoms with E-state index in [1.54, 1.807) is 0 Å². The van der Waals surface area contributed by atoms with Crippen molar-refractivity contribution in [3.8, 4) is 55.6 Å². The van der Waals surface area contributed by atoms with Crippen LogP contribution < -0.4 is 0 Å². The second-order valence-electron chi connectivity index (χ2n) is 11.8. The minimum atomic E-state index is 0.884. The molecular weight excluding hydrogens is 530 g/mol. The Hall–Kier alpha value is -5.66. The summed E-state index contributed by atoms with van der Waals surface area (Å²) >= 11 is 0. The Balaban J connectivity index is 1.27. The van der Waals surface area contributed by atoms with Crippen molar-refractivity contribution in [2.24, 2.45) is 0 Å². The van der Waals surface area contributed by atoms with Crippen molar-refractivity contribution in [3.63, 3.8) is 0 Å². The van der Waals surface area contributed by atoms with Gasteiger partial charge in [-0.15, -0.1) is 0 Å². The summed E-state index contributed by atoms with van der Waals surface area (Å²) in [5.41, 5.74) is 16.5. The molecule has 1 aliphatic heterocycles. The van der Waals surface area contributed by atoms with Crippen LogP contribution in [0.4, 0.5) is 0 Å². The predicted molar refractivity (Wildman–Crippen MR) is 186 cm³/mol. The van der Waals surface area contributed by atoms with Gasteiger partial charge >= 0.3 is 0 Å². The monoisotopic (exact) mass is 559 g/mol. The number of aromatic nitrogens is 1. The van der Waals surface area contributed by atoms with Crippen LogP contribution in [0.15, 0.2) is 164 Å². The van der Waals surface area contributed by atoms with Gasteiger partial charge in [-0.3, -0.25) is 0 Å². The molecule has 206 valence electrons. The molecule has 2 heterocycles. The lowest BCUT2D eigenvalue weighted by atomic mass is 9.90. The van der Waals surface area contributed by atoms with E-state index in [2.05, 4.69) is 168 Å². The van der Waals surface area contributed by atoms with Crippen molar-refractivity contribution in [1.82, 2.24) is 4.57 Å². The average molecular weight is 560 g/mol. The molecule has 0 saturated carbocycles. The maximum absolute atomic E-state index is 2.52. The molecule has 0 fully saturated rings. The van der Waals surface area contributed by atoms with Crippen LogP contribution in [0.2, 0.25) is 0 Å². The van der Waals surface area contributed by atoms with Gasteiger partial charge in [-0.05, 0) is 92.0 Å². The van der Waals surface area contributed by atoms with E-state index in [9.17, 15) is 0 Å². The molecule has 1 aliphatic rings. The normalized spacial score (nSPS) is 12.0. The molecule has 0 spiro atoms. The summed E-state index contributed by atoms with van der Waals surface area (Å²) in [6, 6.07) is 59.9. The predicted octanol–water partition coefficient (Wildman–Crippen LogP) is 11.5. The summed E-state index contributed by atoms with van der Waals surface area (Å²) < 4.78 is 2.52. The first-order valence-electron chi connectivity index (χ1n) is 15.3. The minimum Gasteiger partial charge on any atom is -0.335 e. The van der Waals surface area contributed by atoms with Crippen molar-refractivity contribution >= 4 is 21.8 Å². The lowest BCUT2D eigenvalue weighted by Crippen LogP contribution is -2.07. The maximum Gasteiger partial charge on any atom is 0.0574 e. The Morgan fingerprint density at radius 1 is 0.341 bits per heavy atom. The fraction of sp³-hybridized carbons (Fsp3) is 0.0233. The van der Waals surface area contributed by atoms with Gasteiger partial charge in [0.2, 0.25) is 0 Å². The van der Waals surface area contributed by atoms with Crippen molar-refractivity contribution < 1.29 is 0 Å². The first kappa shape index (κ1) is 24.9. The van der Waals surface area contributed by atoms with E-state index < -0.39 is 0 Å². The molecule has 0 atom stereocenters. The van der Waals surface area contributed by atoms with Crippen LogP contribution >= 0.6 is 0 Å². The zero-order valence-corrected chi connectivity index (χ0v) is 24.2. The van der Waals surface area contributed by atoms with Crippen LogP contribution in [-0.4, -0.2) is 4.57 Å². The summed E-state index contributed by atoms with van der Waals surface area (Å²) in [6.07, 6.45) is 0. The van der Waals surface area contributed by atoms with Gasteiger partial charge in [0.15, 0.2) is 0 Å². The van der Waals surface area contributed by atoms with Gasteiger partial charge in [0.25, 0.3) is 0 Å². The van der Waals surface area contributed by atoms with Gasteiger partial charge in [0.1, 0.15) is 0 Å². The highest BCUT2D eigenvalue weighted by molar-refractivity contribution is 6.16. The Kier molecular flexibility index (Phi) is 5.64. The van der Waals surface area contributed by atoms with E-state index in [0.717, 1.165) is 6.54 Å².